The van der Waals surface area contributed by atoms with Crippen LogP contribution >= 0.6 is 0 Å². The summed E-state index contributed by atoms with van der Waals surface area (Å²) in [6.45, 7) is 2.06. The number of ether oxygens (including phenoxy) is 1. The van der Waals surface area contributed by atoms with Crippen molar-refractivity contribution < 1.29 is 17.9 Å². The van der Waals surface area contributed by atoms with Gasteiger partial charge in [-0.2, -0.15) is 0 Å². The standard InChI is InChI=1S/C30H30N2O4S/c1-3-28(24-14-8-5-9-15-24)31-30(33)27-16-10-11-17-29(27)32(22-23-12-6-4-7-13-23)37(34,35)26-20-18-25(36-2)19-21-26/h4-21,28H,3,22H2,1-2H3,(H,31,33). The van der Waals surface area contributed by atoms with Crippen molar-refractivity contribution in [1.82, 2.24) is 5.32 Å². The maximum atomic E-state index is 14.0. The summed E-state index contributed by atoms with van der Waals surface area (Å²) in [5.74, 6) is 0.217. The van der Waals surface area contributed by atoms with Crippen molar-refractivity contribution in [2.45, 2.75) is 30.8 Å². The van der Waals surface area contributed by atoms with Crippen LogP contribution in [0.25, 0.3) is 0 Å². The fraction of sp³-hybridized carbons (Fsp3) is 0.167. The number of carbonyl (C=O) groups is 1. The van der Waals surface area contributed by atoms with Gasteiger partial charge in [-0.05, 0) is 53.9 Å². The van der Waals surface area contributed by atoms with E-state index in [2.05, 4.69) is 5.32 Å². The van der Waals surface area contributed by atoms with E-state index in [-0.39, 0.29) is 29.0 Å². The van der Waals surface area contributed by atoms with Crippen LogP contribution in [0.3, 0.4) is 0 Å². The molecule has 0 bridgehead atoms. The Kier molecular flexibility index (Phi) is 8.25. The van der Waals surface area contributed by atoms with E-state index in [1.165, 1.54) is 23.5 Å². The Labute approximate surface area is 218 Å². The lowest BCUT2D eigenvalue weighted by atomic mass is 10.0. The van der Waals surface area contributed by atoms with Gasteiger partial charge in [0, 0.05) is 0 Å². The van der Waals surface area contributed by atoms with Crippen molar-refractivity contribution in [2.24, 2.45) is 0 Å². The molecule has 1 atom stereocenters. The van der Waals surface area contributed by atoms with Crippen molar-refractivity contribution >= 4 is 21.6 Å². The van der Waals surface area contributed by atoms with Gasteiger partial charge < -0.3 is 10.1 Å². The molecule has 0 saturated heterocycles. The third-order valence-electron chi connectivity index (χ3n) is 6.15. The number of carbonyl (C=O) groups excluding carboxylic acids is 1. The Morgan fingerprint density at radius 3 is 2.05 bits per heavy atom. The van der Waals surface area contributed by atoms with E-state index in [0.29, 0.717) is 17.9 Å². The smallest absolute Gasteiger partial charge is 0.264 e. The number of hydrogen-bond donors (Lipinski definition) is 1. The molecule has 190 valence electrons. The van der Waals surface area contributed by atoms with Gasteiger partial charge in [-0.25, -0.2) is 8.42 Å². The molecule has 0 aliphatic rings. The molecule has 0 aliphatic carbocycles. The lowest BCUT2D eigenvalue weighted by Gasteiger charge is -2.27. The van der Waals surface area contributed by atoms with Gasteiger partial charge in [-0.3, -0.25) is 9.10 Å². The van der Waals surface area contributed by atoms with Gasteiger partial charge in [-0.1, -0.05) is 79.7 Å². The highest BCUT2D eigenvalue weighted by Crippen LogP contribution is 2.30. The van der Waals surface area contributed by atoms with Gasteiger partial charge in [0.1, 0.15) is 5.75 Å². The second kappa shape index (κ2) is 11.8. The number of nitrogens with zero attached hydrogens (tertiary/aromatic N) is 1. The molecule has 1 amide bonds. The zero-order chi connectivity index (χ0) is 26.3. The third-order valence-corrected chi connectivity index (χ3v) is 7.92. The summed E-state index contributed by atoms with van der Waals surface area (Å²) in [6.07, 6.45) is 0.690. The van der Waals surface area contributed by atoms with Crippen LogP contribution in [0.2, 0.25) is 0 Å². The fourth-order valence-corrected chi connectivity index (χ4v) is 5.62. The highest BCUT2D eigenvalue weighted by molar-refractivity contribution is 7.92. The minimum Gasteiger partial charge on any atom is -0.497 e. The van der Waals surface area contributed by atoms with Crippen LogP contribution in [0.4, 0.5) is 5.69 Å². The number of hydrogen-bond acceptors (Lipinski definition) is 4. The molecule has 0 aromatic heterocycles. The summed E-state index contributed by atoms with van der Waals surface area (Å²) in [5, 5.41) is 3.09. The topological polar surface area (TPSA) is 75.7 Å². The summed E-state index contributed by atoms with van der Waals surface area (Å²) in [5.41, 5.74) is 2.38. The first kappa shape index (κ1) is 26.0. The molecular weight excluding hydrogens is 484 g/mol. The molecule has 4 aromatic rings. The number of rotatable bonds is 10. The first-order chi connectivity index (χ1) is 17.9. The monoisotopic (exact) mass is 514 g/mol. The Hall–Kier alpha value is -4.10. The van der Waals surface area contributed by atoms with Gasteiger partial charge in [-0.15, -0.1) is 0 Å². The first-order valence-electron chi connectivity index (χ1n) is 12.1. The fourth-order valence-electron chi connectivity index (χ4n) is 4.15. The Morgan fingerprint density at radius 1 is 0.838 bits per heavy atom. The Balaban J connectivity index is 1.76. The quantitative estimate of drug-likeness (QED) is 0.283. The Bertz CT molecular complexity index is 1420. The maximum Gasteiger partial charge on any atom is 0.264 e. The van der Waals surface area contributed by atoms with Crippen LogP contribution in [0.5, 0.6) is 5.75 Å². The number of amides is 1. The number of anilines is 1. The number of benzene rings is 4. The van der Waals surface area contributed by atoms with Crippen LogP contribution in [0.15, 0.2) is 114 Å². The van der Waals surface area contributed by atoms with Gasteiger partial charge in [0.05, 0.1) is 35.8 Å². The molecule has 1 N–H and O–H groups in total. The lowest BCUT2D eigenvalue weighted by Crippen LogP contribution is -2.34. The van der Waals surface area contributed by atoms with Crippen LogP contribution in [0.1, 0.15) is 40.9 Å². The number of methoxy groups -OCH3 is 1. The highest BCUT2D eigenvalue weighted by atomic mass is 32.2. The minimum atomic E-state index is -4.02. The van der Waals surface area contributed by atoms with Crippen LogP contribution in [-0.2, 0) is 16.6 Å². The van der Waals surface area contributed by atoms with E-state index in [4.69, 9.17) is 4.74 Å². The molecule has 0 spiro atoms. The predicted molar refractivity (Wildman–Crippen MR) is 146 cm³/mol. The van der Waals surface area contributed by atoms with Gasteiger partial charge in [0.15, 0.2) is 0 Å². The van der Waals surface area contributed by atoms with Crippen molar-refractivity contribution in [3.8, 4) is 5.75 Å². The molecule has 37 heavy (non-hydrogen) atoms. The van der Waals surface area contributed by atoms with E-state index in [1.807, 2.05) is 67.6 Å². The average molecular weight is 515 g/mol. The molecule has 0 heterocycles. The summed E-state index contributed by atoms with van der Waals surface area (Å²) < 4.78 is 34.4. The number of sulfonamides is 1. The lowest BCUT2D eigenvalue weighted by molar-refractivity contribution is 0.0936. The molecule has 0 aliphatic heterocycles. The van der Waals surface area contributed by atoms with Crippen molar-refractivity contribution in [3.63, 3.8) is 0 Å². The van der Waals surface area contributed by atoms with E-state index < -0.39 is 10.0 Å². The van der Waals surface area contributed by atoms with Crippen LogP contribution in [-0.4, -0.2) is 21.4 Å². The molecule has 6 nitrogen and oxygen atoms in total. The molecule has 7 heteroatoms. The van der Waals surface area contributed by atoms with E-state index >= 15 is 0 Å². The van der Waals surface area contributed by atoms with Crippen LogP contribution < -0.4 is 14.4 Å². The van der Waals surface area contributed by atoms with E-state index in [0.717, 1.165) is 11.1 Å². The van der Waals surface area contributed by atoms with Crippen molar-refractivity contribution in [1.29, 1.82) is 0 Å². The summed E-state index contributed by atoms with van der Waals surface area (Å²) in [7, 11) is -2.49. The van der Waals surface area contributed by atoms with E-state index in [1.54, 1.807) is 36.4 Å². The summed E-state index contributed by atoms with van der Waals surface area (Å²) in [6, 6.07) is 31.9. The molecule has 0 saturated carbocycles. The SMILES string of the molecule is CCC(NC(=O)c1ccccc1N(Cc1ccccc1)S(=O)(=O)c1ccc(OC)cc1)c1ccccc1. The second-order valence-corrected chi connectivity index (χ2v) is 10.4. The predicted octanol–water partition coefficient (Wildman–Crippen LogP) is 5.97. The maximum absolute atomic E-state index is 14.0. The van der Waals surface area contributed by atoms with Crippen LogP contribution in [0, 0.1) is 0 Å². The third kappa shape index (κ3) is 6.01. The first-order valence-corrected chi connectivity index (χ1v) is 13.5. The largest absolute Gasteiger partial charge is 0.497 e. The summed E-state index contributed by atoms with van der Waals surface area (Å²) >= 11 is 0. The van der Waals surface area contributed by atoms with Crippen molar-refractivity contribution in [3.05, 3.63) is 126 Å². The molecule has 1 unspecified atom stereocenters. The molecule has 4 aromatic carbocycles. The summed E-state index contributed by atoms with van der Waals surface area (Å²) in [4.78, 5) is 13.7. The van der Waals surface area contributed by atoms with Gasteiger partial charge in [0.25, 0.3) is 15.9 Å². The van der Waals surface area contributed by atoms with Crippen molar-refractivity contribution in [2.75, 3.05) is 11.4 Å². The van der Waals surface area contributed by atoms with E-state index in [9.17, 15) is 13.2 Å². The normalized spacial score (nSPS) is 11.9. The van der Waals surface area contributed by atoms with Gasteiger partial charge in [0.2, 0.25) is 0 Å². The van der Waals surface area contributed by atoms with Gasteiger partial charge >= 0.3 is 0 Å². The second-order valence-electron chi connectivity index (χ2n) is 8.53. The molecule has 4 rings (SSSR count). The molecule has 0 radical (unpaired) electrons. The highest BCUT2D eigenvalue weighted by Gasteiger charge is 2.29. The zero-order valence-corrected chi connectivity index (χ0v) is 21.7. The average Bonchev–Trinajstić information content (AvgIpc) is 2.95. The molecular formula is C30H30N2O4S. The minimum absolute atomic E-state index is 0.0649. The molecule has 0 fully saturated rings. The Morgan fingerprint density at radius 2 is 1.43 bits per heavy atom. The number of nitrogens with one attached hydrogen (secondary N) is 1. The zero-order valence-electron chi connectivity index (χ0n) is 20.9. The number of para-hydroxylation sites is 1.